The first-order chi connectivity index (χ1) is 9.83. The van der Waals surface area contributed by atoms with Crippen LogP contribution in [-0.4, -0.2) is 26.2 Å². The molecule has 1 aliphatic heterocycles. The summed E-state index contributed by atoms with van der Waals surface area (Å²) in [4.78, 5) is 4.02. The monoisotopic (exact) mass is 286 g/mol. The molecule has 1 aliphatic rings. The van der Waals surface area contributed by atoms with Crippen molar-refractivity contribution in [1.82, 2.24) is 19.6 Å². The summed E-state index contributed by atoms with van der Waals surface area (Å²) in [7, 11) is 0. The Balaban J connectivity index is 1.78. The summed E-state index contributed by atoms with van der Waals surface area (Å²) in [6.07, 6.45) is 4.12. The molecule has 3 heterocycles. The van der Waals surface area contributed by atoms with Gasteiger partial charge in [-0.05, 0) is 18.1 Å². The van der Waals surface area contributed by atoms with Gasteiger partial charge in [-0.1, -0.05) is 29.8 Å². The highest BCUT2D eigenvalue weighted by Gasteiger charge is 2.25. The number of aromatic nitrogens is 4. The van der Waals surface area contributed by atoms with Crippen LogP contribution in [0.15, 0.2) is 36.7 Å². The first-order valence-electron chi connectivity index (χ1n) is 6.38. The minimum absolute atomic E-state index is 0.139. The van der Waals surface area contributed by atoms with Gasteiger partial charge in [0.1, 0.15) is 16.7 Å². The van der Waals surface area contributed by atoms with E-state index in [-0.39, 0.29) is 5.92 Å². The van der Waals surface area contributed by atoms with E-state index in [1.54, 1.807) is 12.4 Å². The number of benzene rings is 1. The highest BCUT2D eigenvalue weighted by molar-refractivity contribution is 6.29. The topological polar surface area (TPSA) is 52.3 Å². The standard InChI is InChI=1S/C14H11ClN4O/c15-12-6-16-7-13-17-18-14(19(12)13)10-5-9-3-1-2-4-11(9)20-8-10/h1-4,6-7,10H,5,8H2. The van der Waals surface area contributed by atoms with E-state index < -0.39 is 0 Å². The van der Waals surface area contributed by atoms with Gasteiger partial charge in [-0.25, -0.2) is 0 Å². The predicted octanol–water partition coefficient (Wildman–Crippen LogP) is 2.50. The Morgan fingerprint density at radius 1 is 1.20 bits per heavy atom. The smallest absolute Gasteiger partial charge is 0.180 e. The fraction of sp³-hybridized carbons (Fsp3) is 0.214. The van der Waals surface area contributed by atoms with Gasteiger partial charge in [0.25, 0.3) is 0 Å². The Bertz CT molecular complexity index is 786. The molecule has 0 amide bonds. The summed E-state index contributed by atoms with van der Waals surface area (Å²) in [6.45, 7) is 0.580. The molecular formula is C14H11ClN4O. The van der Waals surface area contributed by atoms with Crippen LogP contribution in [0.3, 0.4) is 0 Å². The molecule has 6 heteroatoms. The molecule has 3 aromatic rings. The summed E-state index contributed by atoms with van der Waals surface area (Å²) in [5, 5.41) is 8.90. The number of para-hydroxylation sites is 1. The Kier molecular flexibility index (Phi) is 2.60. The summed E-state index contributed by atoms with van der Waals surface area (Å²) in [5.74, 6) is 1.91. The average Bonchev–Trinajstić information content (AvgIpc) is 2.92. The molecular weight excluding hydrogens is 276 g/mol. The van der Waals surface area contributed by atoms with Crippen LogP contribution < -0.4 is 4.74 Å². The van der Waals surface area contributed by atoms with Crippen molar-refractivity contribution in [2.24, 2.45) is 0 Å². The number of hydrogen-bond donors (Lipinski definition) is 0. The van der Waals surface area contributed by atoms with Crippen molar-refractivity contribution in [3.63, 3.8) is 0 Å². The van der Waals surface area contributed by atoms with Crippen LogP contribution >= 0.6 is 11.6 Å². The lowest BCUT2D eigenvalue weighted by atomic mass is 9.96. The summed E-state index contributed by atoms with van der Waals surface area (Å²) >= 11 is 6.20. The quantitative estimate of drug-likeness (QED) is 0.690. The molecule has 4 rings (SSSR count). The van der Waals surface area contributed by atoms with E-state index in [9.17, 15) is 0 Å². The summed E-state index contributed by atoms with van der Waals surface area (Å²) in [6, 6.07) is 8.07. The molecule has 1 aromatic carbocycles. The van der Waals surface area contributed by atoms with Crippen molar-refractivity contribution >= 4 is 17.2 Å². The van der Waals surface area contributed by atoms with E-state index in [0.29, 0.717) is 17.4 Å². The fourth-order valence-electron chi connectivity index (χ4n) is 2.59. The third-order valence-corrected chi connectivity index (χ3v) is 3.81. The second-order valence-electron chi connectivity index (χ2n) is 4.80. The molecule has 20 heavy (non-hydrogen) atoms. The van der Waals surface area contributed by atoms with Crippen molar-refractivity contribution in [2.45, 2.75) is 12.3 Å². The number of nitrogens with zero attached hydrogens (tertiary/aromatic N) is 4. The summed E-state index contributed by atoms with van der Waals surface area (Å²) in [5.41, 5.74) is 1.84. The van der Waals surface area contributed by atoms with E-state index in [0.717, 1.165) is 18.0 Å². The van der Waals surface area contributed by atoms with Gasteiger partial charge in [-0.15, -0.1) is 10.2 Å². The van der Waals surface area contributed by atoms with E-state index in [1.807, 2.05) is 22.6 Å². The Hall–Kier alpha value is -2.14. The maximum Gasteiger partial charge on any atom is 0.180 e. The molecule has 100 valence electrons. The molecule has 2 aromatic heterocycles. The van der Waals surface area contributed by atoms with Crippen LogP contribution in [0.4, 0.5) is 0 Å². The van der Waals surface area contributed by atoms with Gasteiger partial charge in [-0.2, -0.15) is 0 Å². The van der Waals surface area contributed by atoms with Gasteiger partial charge in [0.2, 0.25) is 0 Å². The summed E-state index contributed by atoms with van der Waals surface area (Å²) < 4.78 is 7.64. The molecule has 0 aliphatic carbocycles. The van der Waals surface area contributed by atoms with Crippen molar-refractivity contribution < 1.29 is 4.74 Å². The normalized spacial score (nSPS) is 17.8. The first kappa shape index (κ1) is 11.7. The third-order valence-electron chi connectivity index (χ3n) is 3.54. The average molecular weight is 287 g/mol. The zero-order chi connectivity index (χ0) is 13.5. The van der Waals surface area contributed by atoms with Crippen molar-refractivity contribution in [3.05, 3.63) is 53.2 Å². The van der Waals surface area contributed by atoms with Crippen molar-refractivity contribution in [1.29, 1.82) is 0 Å². The van der Waals surface area contributed by atoms with Crippen molar-refractivity contribution in [2.75, 3.05) is 6.61 Å². The van der Waals surface area contributed by atoms with Crippen molar-refractivity contribution in [3.8, 4) is 5.75 Å². The molecule has 1 unspecified atom stereocenters. The van der Waals surface area contributed by atoms with Crippen LogP contribution in [0.5, 0.6) is 5.75 Å². The fourth-order valence-corrected chi connectivity index (χ4v) is 2.82. The molecule has 0 saturated heterocycles. The van der Waals surface area contributed by atoms with E-state index in [1.165, 1.54) is 5.56 Å². The molecule has 0 saturated carbocycles. The highest BCUT2D eigenvalue weighted by Crippen LogP contribution is 2.32. The Morgan fingerprint density at radius 2 is 2.10 bits per heavy atom. The lowest BCUT2D eigenvalue weighted by molar-refractivity contribution is 0.257. The van der Waals surface area contributed by atoms with Crippen LogP contribution in [0, 0.1) is 0 Å². The predicted molar refractivity (Wildman–Crippen MR) is 74.2 cm³/mol. The molecule has 1 atom stereocenters. The lowest BCUT2D eigenvalue weighted by Crippen LogP contribution is -2.21. The third kappa shape index (κ3) is 1.74. The van der Waals surface area contributed by atoms with E-state index >= 15 is 0 Å². The number of rotatable bonds is 1. The second-order valence-corrected chi connectivity index (χ2v) is 5.19. The minimum atomic E-state index is 0.139. The maximum absolute atomic E-state index is 6.20. The van der Waals surface area contributed by atoms with Crippen LogP contribution in [0.25, 0.3) is 5.65 Å². The molecule has 0 fully saturated rings. The first-order valence-corrected chi connectivity index (χ1v) is 6.76. The Morgan fingerprint density at radius 3 is 3.05 bits per heavy atom. The van der Waals surface area contributed by atoms with E-state index in [2.05, 4.69) is 21.2 Å². The van der Waals surface area contributed by atoms with Gasteiger partial charge in [0.05, 0.1) is 24.9 Å². The number of fused-ring (bicyclic) bond motifs is 2. The SMILES string of the molecule is Clc1cncc2nnc(C3COc4ccccc4C3)n12. The van der Waals surface area contributed by atoms with Gasteiger partial charge in [0, 0.05) is 0 Å². The second kappa shape index (κ2) is 4.45. The minimum Gasteiger partial charge on any atom is -0.493 e. The molecule has 0 radical (unpaired) electrons. The number of ether oxygens (including phenoxy) is 1. The highest BCUT2D eigenvalue weighted by atomic mass is 35.5. The zero-order valence-corrected chi connectivity index (χ0v) is 11.3. The Labute approximate surface area is 120 Å². The largest absolute Gasteiger partial charge is 0.493 e. The van der Waals surface area contributed by atoms with Gasteiger partial charge in [-0.3, -0.25) is 9.38 Å². The van der Waals surface area contributed by atoms with Crippen LogP contribution in [0.1, 0.15) is 17.3 Å². The molecule has 0 N–H and O–H groups in total. The van der Waals surface area contributed by atoms with E-state index in [4.69, 9.17) is 16.3 Å². The van der Waals surface area contributed by atoms with Gasteiger partial charge >= 0.3 is 0 Å². The molecule has 0 bridgehead atoms. The van der Waals surface area contributed by atoms with Gasteiger partial charge < -0.3 is 4.74 Å². The molecule has 0 spiro atoms. The maximum atomic E-state index is 6.20. The zero-order valence-electron chi connectivity index (χ0n) is 10.5. The van der Waals surface area contributed by atoms with Gasteiger partial charge in [0.15, 0.2) is 5.65 Å². The molecule has 5 nitrogen and oxygen atoms in total. The number of hydrogen-bond acceptors (Lipinski definition) is 4. The lowest BCUT2D eigenvalue weighted by Gasteiger charge is -2.24. The van der Waals surface area contributed by atoms with Crippen LogP contribution in [-0.2, 0) is 6.42 Å². The van der Waals surface area contributed by atoms with Crippen LogP contribution in [0.2, 0.25) is 5.15 Å². The number of halogens is 1.